The maximum absolute atomic E-state index is 10.3. The molecule has 0 spiro atoms. The summed E-state index contributed by atoms with van der Waals surface area (Å²) >= 11 is 3.69. The van der Waals surface area contributed by atoms with Crippen LogP contribution in [0.15, 0.2) is 53.5 Å². The van der Waals surface area contributed by atoms with Crippen LogP contribution in [0.25, 0.3) is 0 Å². The zero-order chi connectivity index (χ0) is 17.1. The molecule has 126 valence electrons. The molecule has 1 atom stereocenters. The summed E-state index contributed by atoms with van der Waals surface area (Å²) in [6.45, 7) is 6.60. The number of ether oxygens (including phenoxy) is 1. The van der Waals surface area contributed by atoms with Gasteiger partial charge in [-0.15, -0.1) is 6.58 Å². The zero-order valence-corrected chi connectivity index (χ0v) is 15.4. The predicted octanol–water partition coefficient (Wildman–Crippen LogP) is 4.34. The standard InChI is InChI=1S/C20H22BrNO2/c1-3-9-22-10-8-14-11-20(24-2)19(23)12-16(14)17(13-22)15-6-4-5-7-18(15)21/h3-7,11-12,17,23H,1,8-10,13H2,2H3. The van der Waals surface area contributed by atoms with Crippen LogP contribution in [0.4, 0.5) is 0 Å². The van der Waals surface area contributed by atoms with Gasteiger partial charge >= 0.3 is 0 Å². The molecular weight excluding hydrogens is 366 g/mol. The number of methoxy groups -OCH3 is 1. The summed E-state index contributed by atoms with van der Waals surface area (Å²) < 4.78 is 6.40. The highest BCUT2D eigenvalue weighted by molar-refractivity contribution is 9.10. The number of halogens is 1. The summed E-state index contributed by atoms with van der Waals surface area (Å²) in [4.78, 5) is 2.40. The van der Waals surface area contributed by atoms with E-state index in [1.54, 1.807) is 7.11 Å². The molecule has 2 aromatic carbocycles. The molecule has 3 rings (SSSR count). The average molecular weight is 388 g/mol. The highest BCUT2D eigenvalue weighted by atomic mass is 79.9. The maximum atomic E-state index is 10.3. The molecule has 1 aliphatic heterocycles. The quantitative estimate of drug-likeness (QED) is 0.791. The summed E-state index contributed by atoms with van der Waals surface area (Å²) in [7, 11) is 1.59. The molecule has 0 aliphatic carbocycles. The van der Waals surface area contributed by atoms with Crippen molar-refractivity contribution < 1.29 is 9.84 Å². The number of benzene rings is 2. The van der Waals surface area contributed by atoms with Crippen LogP contribution >= 0.6 is 15.9 Å². The third kappa shape index (κ3) is 3.35. The van der Waals surface area contributed by atoms with E-state index in [9.17, 15) is 5.11 Å². The van der Waals surface area contributed by atoms with Gasteiger partial charge in [0, 0.05) is 30.0 Å². The van der Waals surface area contributed by atoms with Crippen LogP contribution in [0.5, 0.6) is 11.5 Å². The van der Waals surface area contributed by atoms with Crippen molar-refractivity contribution in [1.82, 2.24) is 4.90 Å². The number of phenols is 1. The predicted molar refractivity (Wildman–Crippen MR) is 101 cm³/mol. The van der Waals surface area contributed by atoms with Gasteiger partial charge in [0.15, 0.2) is 11.5 Å². The summed E-state index contributed by atoms with van der Waals surface area (Å²) in [5.74, 6) is 0.928. The lowest BCUT2D eigenvalue weighted by Crippen LogP contribution is -2.29. The Kier molecular flexibility index (Phi) is 5.27. The Morgan fingerprint density at radius 2 is 2.12 bits per heavy atom. The number of hydrogen-bond acceptors (Lipinski definition) is 3. The van der Waals surface area contributed by atoms with Crippen molar-refractivity contribution in [2.45, 2.75) is 12.3 Å². The van der Waals surface area contributed by atoms with E-state index in [0.29, 0.717) is 5.75 Å². The van der Waals surface area contributed by atoms with E-state index >= 15 is 0 Å². The van der Waals surface area contributed by atoms with E-state index in [2.05, 4.69) is 45.6 Å². The Labute approximate surface area is 151 Å². The van der Waals surface area contributed by atoms with Crippen molar-refractivity contribution in [1.29, 1.82) is 0 Å². The Bertz CT molecular complexity index is 744. The largest absolute Gasteiger partial charge is 0.504 e. The molecule has 3 nitrogen and oxygen atoms in total. The molecule has 0 saturated carbocycles. The minimum Gasteiger partial charge on any atom is -0.504 e. The first-order valence-corrected chi connectivity index (χ1v) is 8.90. The molecule has 0 saturated heterocycles. The summed E-state index contributed by atoms with van der Waals surface area (Å²) in [6.07, 6.45) is 2.88. The number of aromatic hydroxyl groups is 1. The van der Waals surface area contributed by atoms with Crippen LogP contribution in [-0.4, -0.2) is 36.8 Å². The van der Waals surface area contributed by atoms with Crippen molar-refractivity contribution >= 4 is 15.9 Å². The van der Waals surface area contributed by atoms with E-state index in [1.165, 1.54) is 16.7 Å². The van der Waals surface area contributed by atoms with Crippen LogP contribution in [0.3, 0.4) is 0 Å². The monoisotopic (exact) mass is 387 g/mol. The van der Waals surface area contributed by atoms with Gasteiger partial charge in [-0.05, 0) is 41.3 Å². The lowest BCUT2D eigenvalue weighted by molar-refractivity contribution is 0.306. The van der Waals surface area contributed by atoms with Gasteiger partial charge in [-0.25, -0.2) is 0 Å². The van der Waals surface area contributed by atoms with Gasteiger partial charge in [0.05, 0.1) is 7.11 Å². The van der Waals surface area contributed by atoms with Crippen molar-refractivity contribution in [3.05, 3.63) is 70.2 Å². The van der Waals surface area contributed by atoms with Crippen LogP contribution in [-0.2, 0) is 6.42 Å². The van der Waals surface area contributed by atoms with E-state index in [4.69, 9.17) is 4.74 Å². The van der Waals surface area contributed by atoms with Gasteiger partial charge in [0.2, 0.25) is 0 Å². The van der Waals surface area contributed by atoms with Crippen molar-refractivity contribution in [3.8, 4) is 11.5 Å². The Morgan fingerprint density at radius 1 is 1.33 bits per heavy atom. The Balaban J connectivity index is 2.12. The molecule has 0 amide bonds. The number of hydrogen-bond donors (Lipinski definition) is 1. The van der Waals surface area contributed by atoms with Crippen molar-refractivity contribution in [2.24, 2.45) is 0 Å². The lowest BCUT2D eigenvalue weighted by Gasteiger charge is -2.25. The van der Waals surface area contributed by atoms with Crippen LogP contribution in [0.2, 0.25) is 0 Å². The smallest absolute Gasteiger partial charge is 0.160 e. The molecule has 1 unspecified atom stereocenters. The molecule has 0 bridgehead atoms. The number of rotatable bonds is 4. The van der Waals surface area contributed by atoms with E-state index < -0.39 is 0 Å². The molecular formula is C20H22BrNO2. The zero-order valence-electron chi connectivity index (χ0n) is 13.8. The first kappa shape index (κ1) is 17.1. The van der Waals surface area contributed by atoms with E-state index in [0.717, 1.165) is 30.5 Å². The van der Waals surface area contributed by atoms with Gasteiger partial charge in [-0.1, -0.05) is 40.2 Å². The van der Waals surface area contributed by atoms with E-state index in [-0.39, 0.29) is 11.7 Å². The van der Waals surface area contributed by atoms with Gasteiger partial charge in [-0.2, -0.15) is 0 Å². The third-order valence-corrected chi connectivity index (χ3v) is 5.34. The molecule has 0 aromatic heterocycles. The maximum Gasteiger partial charge on any atom is 0.160 e. The second-order valence-electron chi connectivity index (χ2n) is 6.10. The first-order chi connectivity index (χ1) is 11.6. The van der Waals surface area contributed by atoms with E-state index in [1.807, 2.05) is 24.3 Å². The second-order valence-corrected chi connectivity index (χ2v) is 6.95. The molecule has 0 radical (unpaired) electrons. The van der Waals surface area contributed by atoms with Crippen molar-refractivity contribution in [3.63, 3.8) is 0 Å². The minimum absolute atomic E-state index is 0.190. The SMILES string of the molecule is C=CCN1CCc2cc(OC)c(O)cc2C(c2ccccc2Br)C1. The molecule has 1 N–H and O–H groups in total. The summed E-state index contributed by atoms with van der Waals surface area (Å²) in [6, 6.07) is 12.2. The van der Waals surface area contributed by atoms with Gasteiger partial charge in [0.1, 0.15) is 0 Å². The minimum atomic E-state index is 0.190. The first-order valence-electron chi connectivity index (χ1n) is 8.11. The fourth-order valence-electron chi connectivity index (χ4n) is 3.43. The fraction of sp³-hybridized carbons (Fsp3) is 0.300. The second kappa shape index (κ2) is 7.41. The molecule has 1 heterocycles. The van der Waals surface area contributed by atoms with Gasteiger partial charge in [-0.3, -0.25) is 4.90 Å². The fourth-order valence-corrected chi connectivity index (χ4v) is 3.99. The normalized spacial score (nSPS) is 17.8. The van der Waals surface area contributed by atoms with Gasteiger partial charge in [0.25, 0.3) is 0 Å². The molecule has 2 aromatic rings. The van der Waals surface area contributed by atoms with Gasteiger partial charge < -0.3 is 9.84 Å². The van der Waals surface area contributed by atoms with Crippen LogP contribution in [0, 0.1) is 0 Å². The summed E-state index contributed by atoms with van der Waals surface area (Å²) in [5.41, 5.74) is 3.64. The number of phenolic OH excluding ortho intramolecular Hbond substituents is 1. The third-order valence-electron chi connectivity index (χ3n) is 4.62. The molecule has 24 heavy (non-hydrogen) atoms. The molecule has 1 aliphatic rings. The highest BCUT2D eigenvalue weighted by Gasteiger charge is 2.26. The molecule has 4 heteroatoms. The van der Waals surface area contributed by atoms with Crippen molar-refractivity contribution in [2.75, 3.05) is 26.7 Å². The summed E-state index contributed by atoms with van der Waals surface area (Å²) in [5, 5.41) is 10.3. The Morgan fingerprint density at radius 3 is 2.83 bits per heavy atom. The number of fused-ring (bicyclic) bond motifs is 1. The van der Waals surface area contributed by atoms with Crippen LogP contribution < -0.4 is 4.74 Å². The molecule has 0 fully saturated rings. The highest BCUT2D eigenvalue weighted by Crippen LogP contribution is 2.39. The Hall–Kier alpha value is -1.78. The lowest BCUT2D eigenvalue weighted by atomic mass is 9.87. The van der Waals surface area contributed by atoms with Crippen LogP contribution in [0.1, 0.15) is 22.6 Å². The topological polar surface area (TPSA) is 32.7 Å². The number of nitrogens with zero attached hydrogens (tertiary/aromatic N) is 1. The average Bonchev–Trinajstić information content (AvgIpc) is 2.75.